The first-order valence-corrected chi connectivity index (χ1v) is 9.86. The average molecular weight is 430 g/mol. The third-order valence-electron chi connectivity index (χ3n) is 5.39. The Kier molecular flexibility index (Phi) is 5.12. The number of amides is 3. The van der Waals surface area contributed by atoms with Crippen molar-refractivity contribution in [3.05, 3.63) is 70.9 Å². The van der Waals surface area contributed by atoms with Gasteiger partial charge in [0.05, 0.1) is 35.1 Å². The molecule has 1 atom stereocenters. The molecule has 9 heteroatoms. The molecule has 2 aromatic rings. The summed E-state index contributed by atoms with van der Waals surface area (Å²) in [5.74, 6) is -0.240. The van der Waals surface area contributed by atoms with Crippen LogP contribution in [0.5, 0.6) is 0 Å². The second-order valence-electron chi connectivity index (χ2n) is 7.52. The van der Waals surface area contributed by atoms with E-state index in [2.05, 4.69) is 5.32 Å². The molecular weight excluding hydrogens is 409 g/mol. The number of carbonyl (C=O) groups is 2. The summed E-state index contributed by atoms with van der Waals surface area (Å²) in [5.41, 5.74) is 6.90. The van der Waals surface area contributed by atoms with Crippen LogP contribution in [0, 0.1) is 0 Å². The molecule has 31 heavy (non-hydrogen) atoms. The number of carbonyl (C=O) groups excluding carboxylic acids is 2. The van der Waals surface area contributed by atoms with Crippen LogP contribution in [-0.4, -0.2) is 29.9 Å². The molecule has 2 aliphatic rings. The molecule has 162 valence electrons. The van der Waals surface area contributed by atoms with Crippen molar-refractivity contribution < 1.29 is 22.8 Å². The first-order chi connectivity index (χ1) is 14.7. The lowest BCUT2D eigenvalue weighted by Gasteiger charge is -2.34. The van der Waals surface area contributed by atoms with Gasteiger partial charge in [0.15, 0.2) is 0 Å². The van der Waals surface area contributed by atoms with Crippen molar-refractivity contribution in [2.75, 3.05) is 23.7 Å². The molecule has 2 aromatic carbocycles. The number of alkyl halides is 3. The molecule has 0 fully saturated rings. The Hall–Kier alpha value is -3.49. The second kappa shape index (κ2) is 7.64. The van der Waals surface area contributed by atoms with E-state index in [0.29, 0.717) is 35.5 Å². The summed E-state index contributed by atoms with van der Waals surface area (Å²) in [6.07, 6.45) is -3.84. The zero-order valence-electron chi connectivity index (χ0n) is 16.7. The maximum atomic E-state index is 13.2. The molecular formula is C22H21F3N4O2. The van der Waals surface area contributed by atoms with Gasteiger partial charge in [-0.05, 0) is 42.3 Å². The summed E-state index contributed by atoms with van der Waals surface area (Å²) >= 11 is 0. The Morgan fingerprint density at radius 2 is 1.84 bits per heavy atom. The van der Waals surface area contributed by atoms with E-state index < -0.39 is 23.8 Å². The van der Waals surface area contributed by atoms with E-state index in [-0.39, 0.29) is 18.1 Å². The van der Waals surface area contributed by atoms with Gasteiger partial charge in [0.2, 0.25) is 0 Å². The normalized spacial score (nSPS) is 19.0. The zero-order chi connectivity index (χ0) is 22.3. The molecule has 4 rings (SSSR count). The highest BCUT2D eigenvalue weighted by molar-refractivity contribution is 6.07. The molecule has 2 heterocycles. The lowest BCUT2D eigenvalue weighted by Crippen LogP contribution is -2.47. The molecule has 0 aliphatic carbocycles. The maximum Gasteiger partial charge on any atom is 0.416 e. The van der Waals surface area contributed by atoms with Gasteiger partial charge in [0, 0.05) is 12.2 Å². The van der Waals surface area contributed by atoms with Crippen LogP contribution in [0.25, 0.3) is 0 Å². The molecule has 0 bridgehead atoms. The molecule has 0 aromatic heterocycles. The Morgan fingerprint density at radius 3 is 2.48 bits per heavy atom. The number of urea groups is 1. The van der Waals surface area contributed by atoms with Crippen LogP contribution in [0.2, 0.25) is 0 Å². The van der Waals surface area contributed by atoms with Crippen molar-refractivity contribution in [1.82, 2.24) is 10.2 Å². The fourth-order valence-corrected chi connectivity index (χ4v) is 3.98. The topological polar surface area (TPSA) is 78.7 Å². The minimum atomic E-state index is -4.55. The molecule has 0 spiro atoms. The van der Waals surface area contributed by atoms with Crippen molar-refractivity contribution in [1.29, 1.82) is 0 Å². The predicted octanol–water partition coefficient (Wildman–Crippen LogP) is 4.06. The van der Waals surface area contributed by atoms with Crippen LogP contribution in [0.4, 0.5) is 29.3 Å². The van der Waals surface area contributed by atoms with Gasteiger partial charge < -0.3 is 16.0 Å². The van der Waals surface area contributed by atoms with Crippen LogP contribution in [0.3, 0.4) is 0 Å². The van der Waals surface area contributed by atoms with E-state index in [1.165, 1.54) is 17.0 Å². The van der Waals surface area contributed by atoms with Crippen molar-refractivity contribution in [2.24, 2.45) is 0 Å². The summed E-state index contributed by atoms with van der Waals surface area (Å²) in [7, 11) is 0. The van der Waals surface area contributed by atoms with E-state index in [1.54, 1.807) is 29.2 Å². The smallest absolute Gasteiger partial charge is 0.399 e. The molecule has 0 saturated heterocycles. The number of nitrogen functional groups attached to an aromatic ring is 1. The minimum absolute atomic E-state index is 0.0572. The van der Waals surface area contributed by atoms with Gasteiger partial charge in [-0.2, -0.15) is 13.2 Å². The highest BCUT2D eigenvalue weighted by Crippen LogP contribution is 2.40. The number of nitrogens with two attached hydrogens (primary N) is 1. The number of anilines is 2. The van der Waals surface area contributed by atoms with E-state index in [1.807, 2.05) is 6.92 Å². The molecule has 0 saturated carbocycles. The summed E-state index contributed by atoms with van der Waals surface area (Å²) < 4.78 is 39.7. The molecule has 6 nitrogen and oxygen atoms in total. The van der Waals surface area contributed by atoms with Crippen LogP contribution >= 0.6 is 0 Å². The Morgan fingerprint density at radius 1 is 1.13 bits per heavy atom. The number of nitrogens with one attached hydrogen (secondary N) is 1. The number of nitrogens with zero attached hydrogens (tertiary/aromatic N) is 2. The maximum absolute atomic E-state index is 13.2. The lowest BCUT2D eigenvalue weighted by atomic mass is 9.95. The Balaban J connectivity index is 1.83. The third-order valence-corrected chi connectivity index (χ3v) is 5.39. The average Bonchev–Trinajstić information content (AvgIpc) is 3.04. The number of halogens is 3. The second-order valence-corrected chi connectivity index (χ2v) is 7.52. The number of rotatable bonds is 4. The van der Waals surface area contributed by atoms with Crippen molar-refractivity contribution >= 4 is 23.3 Å². The minimum Gasteiger partial charge on any atom is -0.399 e. The largest absolute Gasteiger partial charge is 0.416 e. The van der Waals surface area contributed by atoms with Gasteiger partial charge in [0.1, 0.15) is 0 Å². The quantitative estimate of drug-likeness (QED) is 0.718. The first kappa shape index (κ1) is 20.8. The van der Waals surface area contributed by atoms with Crippen molar-refractivity contribution in [3.63, 3.8) is 0 Å². The monoisotopic (exact) mass is 430 g/mol. The van der Waals surface area contributed by atoms with E-state index in [4.69, 9.17) is 5.73 Å². The van der Waals surface area contributed by atoms with E-state index >= 15 is 0 Å². The molecule has 0 radical (unpaired) electrons. The molecule has 3 amide bonds. The van der Waals surface area contributed by atoms with Crippen LogP contribution < -0.4 is 16.0 Å². The van der Waals surface area contributed by atoms with Gasteiger partial charge in [-0.25, -0.2) is 4.79 Å². The van der Waals surface area contributed by atoms with Gasteiger partial charge in [-0.3, -0.25) is 9.69 Å². The van der Waals surface area contributed by atoms with Crippen molar-refractivity contribution in [3.8, 4) is 0 Å². The first-order valence-electron chi connectivity index (χ1n) is 9.86. The highest BCUT2D eigenvalue weighted by atomic mass is 19.4. The fourth-order valence-electron chi connectivity index (χ4n) is 3.98. The van der Waals surface area contributed by atoms with Gasteiger partial charge >= 0.3 is 12.2 Å². The Labute approximate surface area is 177 Å². The molecule has 3 N–H and O–H groups in total. The highest BCUT2D eigenvalue weighted by Gasteiger charge is 2.44. The standard InChI is InChI=1S/C22H21F3N4O2/c1-2-10-28-12-17-18(20(28)30)19(13-6-8-15(26)9-7-13)27-21(31)29(17)16-5-3-4-14(11-16)22(23,24)25/h3-9,11,19H,2,10,12,26H2,1H3,(H,27,31)/t19-/m1/s1. The molecule has 0 unspecified atom stereocenters. The van der Waals surface area contributed by atoms with E-state index in [9.17, 15) is 22.8 Å². The third kappa shape index (κ3) is 3.71. The van der Waals surface area contributed by atoms with Gasteiger partial charge in [0.25, 0.3) is 5.91 Å². The van der Waals surface area contributed by atoms with Gasteiger partial charge in [-0.15, -0.1) is 0 Å². The van der Waals surface area contributed by atoms with Gasteiger partial charge in [-0.1, -0.05) is 25.1 Å². The summed E-state index contributed by atoms with van der Waals surface area (Å²) in [6, 6.07) is 10.0. The number of hydrogen-bond donors (Lipinski definition) is 2. The lowest BCUT2D eigenvalue weighted by molar-refractivity contribution is -0.137. The zero-order valence-corrected chi connectivity index (χ0v) is 16.7. The summed E-state index contributed by atoms with van der Waals surface area (Å²) in [5, 5.41) is 2.78. The fraction of sp³-hybridized carbons (Fsp3) is 0.273. The van der Waals surface area contributed by atoms with Crippen LogP contribution in [0.1, 0.15) is 30.5 Å². The number of hydrogen-bond acceptors (Lipinski definition) is 3. The summed E-state index contributed by atoms with van der Waals surface area (Å²) in [6.45, 7) is 2.55. The number of benzene rings is 2. The van der Waals surface area contributed by atoms with Crippen molar-refractivity contribution in [2.45, 2.75) is 25.6 Å². The molecule has 2 aliphatic heterocycles. The van der Waals surface area contributed by atoms with Crippen LogP contribution in [-0.2, 0) is 11.0 Å². The Bertz CT molecular complexity index is 1060. The summed E-state index contributed by atoms with van der Waals surface area (Å²) in [4.78, 5) is 29.0. The predicted molar refractivity (Wildman–Crippen MR) is 110 cm³/mol. The van der Waals surface area contributed by atoms with E-state index in [0.717, 1.165) is 12.1 Å². The SMILES string of the molecule is CCCN1CC2=C(C1=O)[C@@H](c1ccc(N)cc1)NC(=O)N2c1cccc(C(F)(F)F)c1. The van der Waals surface area contributed by atoms with Crippen LogP contribution in [0.15, 0.2) is 59.8 Å².